The highest BCUT2D eigenvalue weighted by Gasteiger charge is 2.00. The minimum Gasteiger partial charge on any atom is -0.462 e. The largest absolute Gasteiger partial charge is 0.462 e. The zero-order chi connectivity index (χ0) is 8.69. The van der Waals surface area contributed by atoms with Crippen LogP contribution in [0.1, 0.15) is 19.8 Å². The molecule has 0 aromatic rings. The Balaban J connectivity index is 3.34. The number of rotatable bonds is 4. The van der Waals surface area contributed by atoms with Gasteiger partial charge in [-0.3, -0.25) is 0 Å². The summed E-state index contributed by atoms with van der Waals surface area (Å²) in [5.74, 6) is 2.11. The van der Waals surface area contributed by atoms with Crippen LogP contribution in [0.2, 0.25) is 0 Å². The van der Waals surface area contributed by atoms with Gasteiger partial charge in [0.1, 0.15) is 0 Å². The molecule has 0 aliphatic carbocycles. The lowest BCUT2D eigenvalue weighted by molar-refractivity contribution is -0.139. The molecular formula is C9H12O2. The molecule has 0 unspecified atom stereocenters. The Bertz CT molecular complexity index is 186. The first-order valence-electron chi connectivity index (χ1n) is 3.44. The molecule has 0 rings (SSSR count). The van der Waals surface area contributed by atoms with E-state index in [1.165, 1.54) is 0 Å². The van der Waals surface area contributed by atoms with Crippen LogP contribution in [-0.4, -0.2) is 12.6 Å². The second kappa shape index (κ2) is 5.55. The van der Waals surface area contributed by atoms with Gasteiger partial charge in [-0.25, -0.2) is 4.79 Å². The zero-order valence-electron chi connectivity index (χ0n) is 6.72. The van der Waals surface area contributed by atoms with Crippen molar-refractivity contribution < 1.29 is 9.53 Å². The lowest BCUT2D eigenvalue weighted by atomic mass is 10.3. The average Bonchev–Trinajstić information content (AvgIpc) is 1.97. The predicted octanol–water partition coefficient (Wildman–Crippen LogP) is 1.52. The fraction of sp³-hybridized carbons (Fsp3) is 0.444. The van der Waals surface area contributed by atoms with E-state index in [2.05, 4.69) is 12.5 Å². The molecule has 0 radical (unpaired) electrons. The summed E-state index contributed by atoms with van der Waals surface area (Å²) in [6, 6.07) is 0. The Labute approximate surface area is 67.2 Å². The average molecular weight is 152 g/mol. The molecule has 0 bridgehead atoms. The van der Waals surface area contributed by atoms with E-state index >= 15 is 0 Å². The Hall–Kier alpha value is -1.23. The molecule has 0 aromatic heterocycles. The van der Waals surface area contributed by atoms with Crippen LogP contribution in [0.3, 0.4) is 0 Å². The highest BCUT2D eigenvalue weighted by molar-refractivity contribution is 5.86. The summed E-state index contributed by atoms with van der Waals surface area (Å²) in [6.07, 6.45) is 6.36. The monoisotopic (exact) mass is 152 g/mol. The van der Waals surface area contributed by atoms with E-state index in [9.17, 15) is 4.79 Å². The van der Waals surface area contributed by atoms with E-state index in [-0.39, 0.29) is 5.97 Å². The standard InChI is InChI=1S/C9H12O2/c1-4-5-6-7-11-9(10)8(2)3/h1H,2,5-7H2,3H3. The van der Waals surface area contributed by atoms with Crippen LogP contribution >= 0.6 is 0 Å². The number of terminal acetylenes is 1. The minimum atomic E-state index is -0.345. The molecule has 0 heterocycles. The van der Waals surface area contributed by atoms with Crippen molar-refractivity contribution in [3.63, 3.8) is 0 Å². The summed E-state index contributed by atoms with van der Waals surface area (Å²) < 4.78 is 4.77. The van der Waals surface area contributed by atoms with Crippen molar-refractivity contribution in [1.29, 1.82) is 0 Å². The third-order valence-electron chi connectivity index (χ3n) is 1.05. The van der Waals surface area contributed by atoms with Crippen molar-refractivity contribution >= 4 is 5.97 Å². The molecule has 0 N–H and O–H groups in total. The van der Waals surface area contributed by atoms with E-state index in [1.54, 1.807) is 6.92 Å². The summed E-state index contributed by atoms with van der Waals surface area (Å²) in [6.45, 7) is 5.44. The van der Waals surface area contributed by atoms with Gasteiger partial charge in [0.2, 0.25) is 0 Å². The van der Waals surface area contributed by atoms with Crippen molar-refractivity contribution in [3.8, 4) is 12.3 Å². The van der Waals surface area contributed by atoms with Gasteiger partial charge in [0.25, 0.3) is 0 Å². The van der Waals surface area contributed by atoms with Gasteiger partial charge in [-0.15, -0.1) is 12.3 Å². The molecule has 0 amide bonds. The van der Waals surface area contributed by atoms with Gasteiger partial charge in [-0.05, 0) is 13.3 Å². The maximum atomic E-state index is 10.7. The maximum Gasteiger partial charge on any atom is 0.333 e. The zero-order valence-corrected chi connectivity index (χ0v) is 6.72. The topological polar surface area (TPSA) is 26.3 Å². The van der Waals surface area contributed by atoms with E-state index in [1.807, 2.05) is 0 Å². The molecule has 0 saturated carbocycles. The molecule has 0 aliphatic rings. The molecular weight excluding hydrogens is 140 g/mol. The molecule has 0 saturated heterocycles. The molecule has 2 heteroatoms. The van der Waals surface area contributed by atoms with Crippen LogP contribution in [-0.2, 0) is 9.53 Å². The normalized spacial score (nSPS) is 8.36. The number of unbranched alkanes of at least 4 members (excludes halogenated alkanes) is 1. The van der Waals surface area contributed by atoms with Crippen molar-refractivity contribution in [2.45, 2.75) is 19.8 Å². The number of carbonyl (C=O) groups is 1. The van der Waals surface area contributed by atoms with E-state index in [0.717, 1.165) is 6.42 Å². The van der Waals surface area contributed by atoms with Crippen LogP contribution < -0.4 is 0 Å². The lowest BCUT2D eigenvalue weighted by Gasteiger charge is -2.00. The smallest absolute Gasteiger partial charge is 0.333 e. The molecule has 0 fully saturated rings. The van der Waals surface area contributed by atoms with Crippen molar-refractivity contribution in [2.75, 3.05) is 6.61 Å². The summed E-state index contributed by atoms with van der Waals surface area (Å²) in [4.78, 5) is 10.7. The van der Waals surface area contributed by atoms with Gasteiger partial charge in [-0.2, -0.15) is 0 Å². The fourth-order valence-electron chi connectivity index (χ4n) is 0.462. The summed E-state index contributed by atoms with van der Waals surface area (Å²) in [5.41, 5.74) is 0.422. The van der Waals surface area contributed by atoms with Gasteiger partial charge in [-0.1, -0.05) is 6.58 Å². The quantitative estimate of drug-likeness (QED) is 0.264. The maximum absolute atomic E-state index is 10.7. The highest BCUT2D eigenvalue weighted by atomic mass is 16.5. The second-order valence-corrected chi connectivity index (χ2v) is 2.22. The van der Waals surface area contributed by atoms with E-state index in [0.29, 0.717) is 18.6 Å². The third-order valence-corrected chi connectivity index (χ3v) is 1.05. The number of hydrogen-bond acceptors (Lipinski definition) is 2. The Kier molecular flexibility index (Phi) is 4.93. The van der Waals surface area contributed by atoms with Crippen LogP contribution in [0.15, 0.2) is 12.2 Å². The van der Waals surface area contributed by atoms with Gasteiger partial charge in [0.15, 0.2) is 0 Å². The van der Waals surface area contributed by atoms with Crippen molar-refractivity contribution in [1.82, 2.24) is 0 Å². The number of carbonyl (C=O) groups excluding carboxylic acids is 1. The SMILES string of the molecule is C#CCCCOC(=O)C(=C)C. The fourth-order valence-corrected chi connectivity index (χ4v) is 0.462. The van der Waals surface area contributed by atoms with Crippen molar-refractivity contribution in [3.05, 3.63) is 12.2 Å². The first kappa shape index (κ1) is 9.77. The van der Waals surface area contributed by atoms with Crippen LogP contribution in [0, 0.1) is 12.3 Å². The van der Waals surface area contributed by atoms with Crippen molar-refractivity contribution in [2.24, 2.45) is 0 Å². The first-order chi connectivity index (χ1) is 5.18. The molecule has 0 aromatic carbocycles. The lowest BCUT2D eigenvalue weighted by Crippen LogP contribution is -2.05. The first-order valence-corrected chi connectivity index (χ1v) is 3.44. The van der Waals surface area contributed by atoms with Gasteiger partial charge >= 0.3 is 5.97 Å². The van der Waals surface area contributed by atoms with Gasteiger partial charge < -0.3 is 4.74 Å². The van der Waals surface area contributed by atoms with E-state index < -0.39 is 0 Å². The number of hydrogen-bond donors (Lipinski definition) is 0. The summed E-state index contributed by atoms with van der Waals surface area (Å²) >= 11 is 0. The number of esters is 1. The molecule has 0 atom stereocenters. The van der Waals surface area contributed by atoms with Crippen LogP contribution in [0.4, 0.5) is 0 Å². The predicted molar refractivity (Wildman–Crippen MR) is 43.8 cm³/mol. The number of ether oxygens (including phenoxy) is 1. The molecule has 0 spiro atoms. The molecule has 60 valence electrons. The Morgan fingerprint density at radius 2 is 2.36 bits per heavy atom. The molecule has 11 heavy (non-hydrogen) atoms. The summed E-state index contributed by atoms with van der Waals surface area (Å²) in [7, 11) is 0. The third kappa shape index (κ3) is 5.23. The Morgan fingerprint density at radius 1 is 1.73 bits per heavy atom. The summed E-state index contributed by atoms with van der Waals surface area (Å²) in [5, 5.41) is 0. The van der Waals surface area contributed by atoms with Gasteiger partial charge in [0, 0.05) is 12.0 Å². The highest BCUT2D eigenvalue weighted by Crippen LogP contribution is 1.94. The second-order valence-electron chi connectivity index (χ2n) is 2.22. The van der Waals surface area contributed by atoms with Crippen LogP contribution in [0.5, 0.6) is 0 Å². The Morgan fingerprint density at radius 3 is 2.82 bits per heavy atom. The molecule has 2 nitrogen and oxygen atoms in total. The van der Waals surface area contributed by atoms with Crippen LogP contribution in [0.25, 0.3) is 0 Å². The molecule has 0 aliphatic heterocycles. The van der Waals surface area contributed by atoms with E-state index in [4.69, 9.17) is 11.2 Å². The van der Waals surface area contributed by atoms with Gasteiger partial charge in [0.05, 0.1) is 6.61 Å². The minimum absolute atomic E-state index is 0.345.